The van der Waals surface area contributed by atoms with Gasteiger partial charge in [0, 0.05) is 5.69 Å². The van der Waals surface area contributed by atoms with Crippen LogP contribution < -0.4 is 5.73 Å². The largest absolute Gasteiger partial charge is 0.478 e. The number of rotatable bonds is 1. The number of aromatic carboxylic acids is 1. The molecule has 0 saturated carbocycles. The van der Waals surface area contributed by atoms with Crippen molar-refractivity contribution in [3.8, 4) is 0 Å². The van der Waals surface area contributed by atoms with Crippen molar-refractivity contribution in [1.82, 2.24) is 0 Å². The molecule has 0 aliphatic heterocycles. The molecule has 0 radical (unpaired) electrons. The van der Waals surface area contributed by atoms with Crippen LogP contribution in [-0.4, -0.2) is 11.1 Å². The number of hydrogen-bond acceptors (Lipinski definition) is 2. The maximum atomic E-state index is 10.4. The van der Waals surface area contributed by atoms with Crippen molar-refractivity contribution in [1.29, 1.82) is 0 Å². The van der Waals surface area contributed by atoms with Crippen LogP contribution >= 0.6 is 0 Å². The van der Waals surface area contributed by atoms with Gasteiger partial charge in [0.15, 0.2) is 0 Å². The zero-order chi connectivity index (χ0) is 10.4. The van der Waals surface area contributed by atoms with Crippen LogP contribution in [0.2, 0.25) is 0 Å². The Kier molecular flexibility index (Phi) is 4.59. The molecule has 1 aromatic carbocycles. The summed E-state index contributed by atoms with van der Waals surface area (Å²) in [6.07, 6.45) is 0. The van der Waals surface area contributed by atoms with Crippen LogP contribution in [0.4, 0.5) is 5.69 Å². The fourth-order valence-electron chi connectivity index (χ4n) is 0.774. The maximum Gasteiger partial charge on any atom is 0.335 e. The van der Waals surface area contributed by atoms with Crippen LogP contribution in [0.5, 0.6) is 0 Å². The summed E-state index contributed by atoms with van der Waals surface area (Å²) in [7, 11) is 0. The van der Waals surface area contributed by atoms with Gasteiger partial charge in [0.25, 0.3) is 0 Å². The van der Waals surface area contributed by atoms with Crippen LogP contribution in [0.25, 0.3) is 0 Å². The molecule has 0 aliphatic carbocycles. The highest BCUT2D eigenvalue weighted by atomic mass is 16.4. The standard InChI is InChI=1S/C8H9NO2.C2H6/c1-5-2-3-6(8(10)11)4-7(5)9;1-2/h2-4H,9H2,1H3,(H,10,11);1-2H3. The molecular formula is C10H15NO2. The minimum Gasteiger partial charge on any atom is -0.478 e. The molecule has 0 spiro atoms. The van der Waals surface area contributed by atoms with Gasteiger partial charge < -0.3 is 10.8 Å². The lowest BCUT2D eigenvalue weighted by Crippen LogP contribution is -1.98. The van der Waals surface area contributed by atoms with Gasteiger partial charge in [-0.15, -0.1) is 0 Å². The fourth-order valence-corrected chi connectivity index (χ4v) is 0.774. The molecule has 1 rings (SSSR count). The van der Waals surface area contributed by atoms with Gasteiger partial charge in [-0.3, -0.25) is 0 Å². The summed E-state index contributed by atoms with van der Waals surface area (Å²) < 4.78 is 0. The average molecular weight is 181 g/mol. The number of nitrogens with two attached hydrogens (primary N) is 1. The van der Waals surface area contributed by atoms with Crippen LogP contribution in [0.15, 0.2) is 18.2 Å². The van der Waals surface area contributed by atoms with Crippen molar-refractivity contribution >= 4 is 11.7 Å². The Labute approximate surface area is 78.2 Å². The van der Waals surface area contributed by atoms with Gasteiger partial charge >= 0.3 is 5.97 Å². The zero-order valence-electron chi connectivity index (χ0n) is 8.16. The Morgan fingerprint density at radius 3 is 2.31 bits per heavy atom. The molecule has 0 aliphatic rings. The first-order chi connectivity index (χ1) is 6.11. The van der Waals surface area contributed by atoms with E-state index >= 15 is 0 Å². The number of carboxylic acids is 1. The molecular weight excluding hydrogens is 166 g/mol. The molecule has 0 atom stereocenters. The first kappa shape index (κ1) is 11.5. The van der Waals surface area contributed by atoms with Gasteiger partial charge in [-0.05, 0) is 24.6 Å². The van der Waals surface area contributed by atoms with E-state index in [4.69, 9.17) is 10.8 Å². The van der Waals surface area contributed by atoms with E-state index in [2.05, 4.69) is 0 Å². The van der Waals surface area contributed by atoms with Crippen LogP contribution in [0.3, 0.4) is 0 Å². The van der Waals surface area contributed by atoms with Crippen molar-refractivity contribution < 1.29 is 9.90 Å². The van der Waals surface area contributed by atoms with Crippen molar-refractivity contribution in [2.24, 2.45) is 0 Å². The Balaban J connectivity index is 0.000000671. The molecule has 0 saturated heterocycles. The lowest BCUT2D eigenvalue weighted by Gasteiger charge is -1.99. The van der Waals surface area contributed by atoms with Gasteiger partial charge in [0.2, 0.25) is 0 Å². The third-order valence-electron chi connectivity index (χ3n) is 1.53. The third-order valence-corrected chi connectivity index (χ3v) is 1.53. The van der Waals surface area contributed by atoms with Crippen molar-refractivity contribution in [3.63, 3.8) is 0 Å². The Hall–Kier alpha value is -1.51. The Morgan fingerprint density at radius 1 is 1.38 bits per heavy atom. The second-order valence-electron chi connectivity index (χ2n) is 2.38. The van der Waals surface area contributed by atoms with Gasteiger partial charge in [-0.1, -0.05) is 19.9 Å². The summed E-state index contributed by atoms with van der Waals surface area (Å²) in [6, 6.07) is 4.69. The van der Waals surface area contributed by atoms with Gasteiger partial charge in [-0.2, -0.15) is 0 Å². The normalized spacial score (nSPS) is 8.54. The molecule has 0 aromatic heterocycles. The van der Waals surface area contributed by atoms with Crippen molar-refractivity contribution in [2.45, 2.75) is 20.8 Å². The van der Waals surface area contributed by atoms with E-state index in [1.54, 1.807) is 6.07 Å². The van der Waals surface area contributed by atoms with E-state index < -0.39 is 5.97 Å². The van der Waals surface area contributed by atoms with E-state index in [0.717, 1.165) is 5.56 Å². The molecule has 1 aromatic rings. The zero-order valence-corrected chi connectivity index (χ0v) is 8.16. The molecule has 0 bridgehead atoms. The lowest BCUT2D eigenvalue weighted by atomic mass is 10.1. The molecule has 72 valence electrons. The Bertz CT molecular complexity index is 295. The fraction of sp³-hybridized carbons (Fsp3) is 0.300. The molecule has 0 amide bonds. The predicted octanol–water partition coefficient (Wildman–Crippen LogP) is 2.30. The number of aryl methyl sites for hydroxylation is 1. The summed E-state index contributed by atoms with van der Waals surface area (Å²) in [4.78, 5) is 10.4. The number of carbonyl (C=O) groups is 1. The molecule has 0 heterocycles. The van der Waals surface area contributed by atoms with Crippen LogP contribution in [0, 0.1) is 6.92 Å². The molecule has 0 fully saturated rings. The van der Waals surface area contributed by atoms with E-state index in [1.165, 1.54) is 12.1 Å². The predicted molar refractivity (Wildman–Crippen MR) is 53.9 cm³/mol. The van der Waals surface area contributed by atoms with Crippen molar-refractivity contribution in [3.05, 3.63) is 29.3 Å². The second kappa shape index (κ2) is 5.19. The van der Waals surface area contributed by atoms with E-state index in [1.807, 2.05) is 20.8 Å². The topological polar surface area (TPSA) is 63.3 Å². The van der Waals surface area contributed by atoms with Gasteiger partial charge in [-0.25, -0.2) is 4.79 Å². The van der Waals surface area contributed by atoms with E-state index in [9.17, 15) is 4.79 Å². The summed E-state index contributed by atoms with van der Waals surface area (Å²) >= 11 is 0. The molecule has 0 unspecified atom stereocenters. The number of hydrogen-bond donors (Lipinski definition) is 2. The Morgan fingerprint density at radius 2 is 1.92 bits per heavy atom. The van der Waals surface area contributed by atoms with Crippen molar-refractivity contribution in [2.75, 3.05) is 5.73 Å². The highest BCUT2D eigenvalue weighted by Gasteiger charge is 2.02. The quantitative estimate of drug-likeness (QED) is 0.653. The minimum atomic E-state index is -0.947. The minimum absolute atomic E-state index is 0.230. The summed E-state index contributed by atoms with van der Waals surface area (Å²) in [5.74, 6) is -0.947. The third kappa shape index (κ3) is 3.15. The van der Waals surface area contributed by atoms with Crippen LogP contribution in [-0.2, 0) is 0 Å². The average Bonchev–Trinajstić information content (AvgIpc) is 2.13. The van der Waals surface area contributed by atoms with Crippen LogP contribution in [0.1, 0.15) is 29.8 Å². The van der Waals surface area contributed by atoms with Gasteiger partial charge in [0.05, 0.1) is 5.56 Å². The first-order valence-electron chi connectivity index (χ1n) is 4.20. The lowest BCUT2D eigenvalue weighted by molar-refractivity contribution is 0.0697. The summed E-state index contributed by atoms with van der Waals surface area (Å²) in [5, 5.41) is 8.54. The molecule has 3 N–H and O–H groups in total. The summed E-state index contributed by atoms with van der Waals surface area (Å²) in [6.45, 7) is 5.83. The summed E-state index contributed by atoms with van der Waals surface area (Å²) in [5.41, 5.74) is 7.14. The number of nitrogen functional groups attached to an aromatic ring is 1. The number of benzene rings is 1. The highest BCUT2D eigenvalue weighted by molar-refractivity contribution is 5.88. The molecule has 13 heavy (non-hydrogen) atoms. The molecule has 3 nitrogen and oxygen atoms in total. The SMILES string of the molecule is CC.Cc1ccc(C(=O)O)cc1N. The molecule has 3 heteroatoms. The number of anilines is 1. The number of carboxylic acid groups (broad SMARTS) is 1. The van der Waals surface area contributed by atoms with E-state index in [-0.39, 0.29) is 5.56 Å². The second-order valence-corrected chi connectivity index (χ2v) is 2.38. The maximum absolute atomic E-state index is 10.4. The first-order valence-corrected chi connectivity index (χ1v) is 4.20. The smallest absolute Gasteiger partial charge is 0.335 e. The van der Waals surface area contributed by atoms with Gasteiger partial charge in [0.1, 0.15) is 0 Å². The monoisotopic (exact) mass is 181 g/mol. The highest BCUT2D eigenvalue weighted by Crippen LogP contribution is 2.12. The van der Waals surface area contributed by atoms with E-state index in [0.29, 0.717) is 5.69 Å².